The highest BCUT2D eigenvalue weighted by Gasteiger charge is 2.11. The fraction of sp³-hybridized carbons (Fsp3) is 0.647. The zero-order chi connectivity index (χ0) is 15.9. The van der Waals surface area contributed by atoms with Crippen molar-refractivity contribution in [2.24, 2.45) is 0 Å². The van der Waals surface area contributed by atoms with Crippen molar-refractivity contribution in [2.75, 3.05) is 31.2 Å². The van der Waals surface area contributed by atoms with E-state index in [0.29, 0.717) is 0 Å². The molecule has 120 valence electrons. The van der Waals surface area contributed by atoms with Gasteiger partial charge in [0.2, 0.25) is 0 Å². The fourth-order valence-corrected chi connectivity index (χ4v) is 2.37. The monoisotopic (exact) mass is 312 g/mol. The Labute approximate surface area is 134 Å². The summed E-state index contributed by atoms with van der Waals surface area (Å²) in [7, 11) is 0. The van der Waals surface area contributed by atoms with Crippen LogP contribution >= 0.6 is 11.6 Å². The lowest BCUT2D eigenvalue weighted by molar-refractivity contribution is 0.154. The molecule has 4 heteroatoms. The Balaban J connectivity index is 2.71. The van der Waals surface area contributed by atoms with Gasteiger partial charge < -0.3 is 15.0 Å². The van der Waals surface area contributed by atoms with Crippen LogP contribution in [0.5, 0.6) is 0 Å². The third kappa shape index (κ3) is 6.68. The molecule has 0 spiro atoms. The van der Waals surface area contributed by atoms with E-state index >= 15 is 0 Å². The van der Waals surface area contributed by atoms with Gasteiger partial charge in [-0.25, -0.2) is 0 Å². The molecule has 1 rings (SSSR count). The molecule has 0 aliphatic carbocycles. The summed E-state index contributed by atoms with van der Waals surface area (Å²) in [5, 5.41) is 4.28. The second-order valence-corrected chi connectivity index (χ2v) is 6.57. The first-order valence-electron chi connectivity index (χ1n) is 7.73. The number of rotatable bonds is 8. The molecule has 0 saturated heterocycles. The molecule has 0 saturated carbocycles. The molecule has 0 atom stereocenters. The van der Waals surface area contributed by atoms with E-state index < -0.39 is 0 Å². The highest BCUT2D eigenvalue weighted by atomic mass is 35.5. The smallest absolute Gasteiger partial charge is 0.0642 e. The van der Waals surface area contributed by atoms with Gasteiger partial charge in [-0.2, -0.15) is 0 Å². The van der Waals surface area contributed by atoms with Crippen LogP contribution in [0.15, 0.2) is 18.2 Å². The SMILES string of the molecule is CCOCCN(CC)c1ccc(CNC(C)(C)C)cc1Cl. The maximum atomic E-state index is 6.46. The van der Waals surface area contributed by atoms with Crippen molar-refractivity contribution in [3.05, 3.63) is 28.8 Å². The largest absolute Gasteiger partial charge is 0.380 e. The zero-order valence-electron chi connectivity index (χ0n) is 14.0. The van der Waals surface area contributed by atoms with E-state index in [-0.39, 0.29) is 5.54 Å². The van der Waals surface area contributed by atoms with E-state index in [1.54, 1.807) is 0 Å². The third-order valence-corrected chi connectivity index (χ3v) is 3.57. The van der Waals surface area contributed by atoms with E-state index in [0.717, 1.165) is 43.6 Å². The molecule has 0 aliphatic rings. The van der Waals surface area contributed by atoms with Gasteiger partial charge in [0, 0.05) is 31.8 Å². The number of ether oxygens (including phenoxy) is 1. The van der Waals surface area contributed by atoms with E-state index in [1.807, 2.05) is 6.92 Å². The molecule has 0 radical (unpaired) electrons. The van der Waals surface area contributed by atoms with Crippen molar-refractivity contribution in [2.45, 2.75) is 46.7 Å². The summed E-state index contributed by atoms with van der Waals surface area (Å²) in [5.41, 5.74) is 2.40. The Hall–Kier alpha value is -0.770. The van der Waals surface area contributed by atoms with Gasteiger partial charge in [-0.1, -0.05) is 17.7 Å². The maximum absolute atomic E-state index is 6.46. The molecule has 21 heavy (non-hydrogen) atoms. The highest BCUT2D eigenvalue weighted by Crippen LogP contribution is 2.27. The number of hydrogen-bond acceptors (Lipinski definition) is 3. The molecule has 0 amide bonds. The summed E-state index contributed by atoms with van der Waals surface area (Å²) in [6.07, 6.45) is 0. The quantitative estimate of drug-likeness (QED) is 0.732. The van der Waals surface area contributed by atoms with Crippen molar-refractivity contribution >= 4 is 17.3 Å². The first kappa shape index (κ1) is 18.3. The number of halogens is 1. The van der Waals surface area contributed by atoms with Crippen LogP contribution in [0.25, 0.3) is 0 Å². The number of nitrogens with zero attached hydrogens (tertiary/aromatic N) is 1. The molecule has 0 aliphatic heterocycles. The van der Waals surface area contributed by atoms with Crippen LogP contribution in [0.1, 0.15) is 40.2 Å². The molecular weight excluding hydrogens is 284 g/mol. The van der Waals surface area contributed by atoms with E-state index in [1.165, 1.54) is 5.56 Å². The lowest BCUT2D eigenvalue weighted by atomic mass is 10.1. The number of nitrogens with one attached hydrogen (secondary N) is 1. The van der Waals surface area contributed by atoms with Gasteiger partial charge in [0.1, 0.15) is 0 Å². The van der Waals surface area contributed by atoms with Crippen molar-refractivity contribution in [1.29, 1.82) is 0 Å². The fourth-order valence-electron chi connectivity index (χ4n) is 2.05. The molecule has 1 aromatic rings. The Kier molecular flexibility index (Phi) is 7.50. The van der Waals surface area contributed by atoms with Gasteiger partial charge in [-0.3, -0.25) is 0 Å². The predicted octanol–water partition coefficient (Wildman–Crippen LogP) is 4.09. The Morgan fingerprint density at radius 2 is 1.95 bits per heavy atom. The van der Waals surface area contributed by atoms with Crippen molar-refractivity contribution < 1.29 is 4.74 Å². The van der Waals surface area contributed by atoms with Gasteiger partial charge in [-0.15, -0.1) is 0 Å². The van der Waals surface area contributed by atoms with Gasteiger partial charge >= 0.3 is 0 Å². The summed E-state index contributed by atoms with van der Waals surface area (Å²) in [6.45, 7) is 14.7. The molecular formula is C17H29ClN2O. The van der Waals surface area contributed by atoms with E-state index in [9.17, 15) is 0 Å². The van der Waals surface area contributed by atoms with Gasteiger partial charge in [-0.05, 0) is 52.3 Å². The van der Waals surface area contributed by atoms with Gasteiger partial charge in [0.05, 0.1) is 17.3 Å². The molecule has 0 aromatic heterocycles. The lowest BCUT2D eigenvalue weighted by Gasteiger charge is -2.25. The predicted molar refractivity (Wildman–Crippen MR) is 92.4 cm³/mol. The molecule has 0 bridgehead atoms. The zero-order valence-corrected chi connectivity index (χ0v) is 14.8. The van der Waals surface area contributed by atoms with Crippen LogP contribution in [-0.4, -0.2) is 31.8 Å². The van der Waals surface area contributed by atoms with Gasteiger partial charge in [0.15, 0.2) is 0 Å². The average molecular weight is 313 g/mol. The Morgan fingerprint density at radius 1 is 1.24 bits per heavy atom. The second-order valence-electron chi connectivity index (χ2n) is 6.17. The average Bonchev–Trinajstić information content (AvgIpc) is 2.42. The minimum absolute atomic E-state index is 0.109. The van der Waals surface area contributed by atoms with Crippen molar-refractivity contribution in [1.82, 2.24) is 5.32 Å². The summed E-state index contributed by atoms with van der Waals surface area (Å²) in [5.74, 6) is 0. The van der Waals surface area contributed by atoms with Crippen LogP contribution in [-0.2, 0) is 11.3 Å². The molecule has 3 nitrogen and oxygen atoms in total. The Bertz CT molecular complexity index is 429. The molecule has 0 unspecified atom stereocenters. The molecule has 0 fully saturated rings. The van der Waals surface area contributed by atoms with Crippen LogP contribution in [0.3, 0.4) is 0 Å². The topological polar surface area (TPSA) is 24.5 Å². The van der Waals surface area contributed by atoms with Crippen LogP contribution in [0.2, 0.25) is 5.02 Å². The van der Waals surface area contributed by atoms with Gasteiger partial charge in [0.25, 0.3) is 0 Å². The summed E-state index contributed by atoms with van der Waals surface area (Å²) >= 11 is 6.46. The normalized spacial score (nSPS) is 11.7. The molecule has 1 N–H and O–H groups in total. The number of hydrogen-bond donors (Lipinski definition) is 1. The standard InChI is InChI=1S/C17H29ClN2O/c1-6-20(10-11-21-7-2)16-9-8-14(12-15(16)18)13-19-17(3,4)5/h8-9,12,19H,6-7,10-11,13H2,1-5H3. The molecule has 0 heterocycles. The molecule has 1 aromatic carbocycles. The number of benzene rings is 1. The minimum Gasteiger partial charge on any atom is -0.380 e. The Morgan fingerprint density at radius 3 is 2.48 bits per heavy atom. The second kappa shape index (κ2) is 8.62. The van der Waals surface area contributed by atoms with Crippen LogP contribution < -0.4 is 10.2 Å². The number of anilines is 1. The summed E-state index contributed by atoms with van der Waals surface area (Å²) in [4.78, 5) is 2.25. The van der Waals surface area contributed by atoms with Crippen LogP contribution in [0.4, 0.5) is 5.69 Å². The lowest BCUT2D eigenvalue weighted by Crippen LogP contribution is -2.35. The van der Waals surface area contributed by atoms with Crippen molar-refractivity contribution in [3.8, 4) is 0 Å². The third-order valence-electron chi connectivity index (χ3n) is 3.27. The van der Waals surface area contributed by atoms with E-state index in [4.69, 9.17) is 16.3 Å². The van der Waals surface area contributed by atoms with Crippen molar-refractivity contribution in [3.63, 3.8) is 0 Å². The minimum atomic E-state index is 0.109. The summed E-state index contributed by atoms with van der Waals surface area (Å²) < 4.78 is 5.43. The van der Waals surface area contributed by atoms with Crippen LogP contribution in [0, 0.1) is 0 Å². The first-order valence-corrected chi connectivity index (χ1v) is 8.11. The number of likely N-dealkylation sites (N-methyl/N-ethyl adjacent to an activating group) is 1. The summed E-state index contributed by atoms with van der Waals surface area (Å²) in [6, 6.07) is 6.31. The maximum Gasteiger partial charge on any atom is 0.0642 e. The highest BCUT2D eigenvalue weighted by molar-refractivity contribution is 6.33. The van der Waals surface area contributed by atoms with E-state index in [2.05, 4.69) is 56.1 Å². The first-order chi connectivity index (χ1) is 9.87.